The van der Waals surface area contributed by atoms with E-state index in [9.17, 15) is 18.8 Å². The SMILES string of the molecule is Cn1nc(C(=O)NC2CC3CN(C(=O)c4cc(F)c[nH]4)CC32)[nH]c1=O. The molecule has 0 spiro atoms. The molecule has 132 valence electrons. The van der Waals surface area contributed by atoms with Crippen LogP contribution in [0.15, 0.2) is 17.1 Å². The minimum Gasteiger partial charge on any atom is -0.355 e. The number of fused-ring (bicyclic) bond motifs is 1. The summed E-state index contributed by atoms with van der Waals surface area (Å²) in [6.07, 6.45) is 1.91. The maximum atomic E-state index is 13.1. The standard InChI is InChI=1S/C15H17FN6O3/c1-21-15(25)19-12(20-21)13(23)18-10-2-7-5-22(6-9(7)10)14(24)11-3-8(16)4-17-11/h3-4,7,9-10,17H,2,5-6H2,1H3,(H,18,23)(H,19,20,25). The molecule has 9 nitrogen and oxygen atoms in total. The van der Waals surface area contributed by atoms with Gasteiger partial charge >= 0.3 is 5.69 Å². The molecule has 3 heterocycles. The molecule has 2 aliphatic rings. The van der Waals surface area contributed by atoms with Crippen LogP contribution in [-0.4, -0.2) is 55.6 Å². The number of likely N-dealkylation sites (tertiary alicyclic amines) is 1. The van der Waals surface area contributed by atoms with Crippen molar-refractivity contribution in [3.05, 3.63) is 40.1 Å². The Hall–Kier alpha value is -2.91. The van der Waals surface area contributed by atoms with E-state index in [4.69, 9.17) is 0 Å². The highest BCUT2D eigenvalue weighted by molar-refractivity contribution is 5.93. The minimum atomic E-state index is -0.472. The number of carbonyl (C=O) groups excluding carboxylic acids is 2. The number of nitrogens with one attached hydrogen (secondary N) is 3. The third-order valence-corrected chi connectivity index (χ3v) is 5.03. The molecule has 2 fully saturated rings. The van der Waals surface area contributed by atoms with Crippen molar-refractivity contribution in [2.24, 2.45) is 18.9 Å². The van der Waals surface area contributed by atoms with Gasteiger partial charge in [0, 0.05) is 44.4 Å². The van der Waals surface area contributed by atoms with Crippen LogP contribution in [0.1, 0.15) is 27.5 Å². The number of aromatic nitrogens is 4. The van der Waals surface area contributed by atoms with Gasteiger partial charge in [0.25, 0.3) is 11.8 Å². The van der Waals surface area contributed by atoms with Crippen molar-refractivity contribution in [2.75, 3.05) is 13.1 Å². The molecule has 1 saturated carbocycles. The first-order chi connectivity index (χ1) is 11.9. The lowest BCUT2D eigenvalue weighted by atomic mass is 9.71. The van der Waals surface area contributed by atoms with Gasteiger partial charge in [0.15, 0.2) is 0 Å². The second-order valence-corrected chi connectivity index (χ2v) is 6.58. The summed E-state index contributed by atoms with van der Waals surface area (Å²) in [6, 6.07) is 1.11. The second kappa shape index (κ2) is 5.57. The Bertz CT molecular complexity index is 899. The Kier molecular flexibility index (Phi) is 3.48. The summed E-state index contributed by atoms with van der Waals surface area (Å²) in [5.74, 6) is -0.696. The van der Waals surface area contributed by atoms with Crippen LogP contribution < -0.4 is 11.0 Å². The van der Waals surface area contributed by atoms with Crippen molar-refractivity contribution in [1.29, 1.82) is 0 Å². The van der Waals surface area contributed by atoms with Crippen molar-refractivity contribution >= 4 is 11.8 Å². The van der Waals surface area contributed by atoms with Crippen molar-refractivity contribution in [2.45, 2.75) is 12.5 Å². The van der Waals surface area contributed by atoms with E-state index in [2.05, 4.69) is 20.4 Å². The second-order valence-electron chi connectivity index (χ2n) is 6.58. The van der Waals surface area contributed by atoms with Crippen LogP contribution in [0.4, 0.5) is 4.39 Å². The van der Waals surface area contributed by atoms with E-state index in [1.807, 2.05) is 0 Å². The number of H-pyrrole nitrogens is 2. The molecule has 1 saturated heterocycles. The van der Waals surface area contributed by atoms with E-state index < -0.39 is 17.4 Å². The van der Waals surface area contributed by atoms with Crippen LogP contribution in [-0.2, 0) is 7.05 Å². The quantitative estimate of drug-likeness (QED) is 0.691. The number of aromatic amines is 2. The van der Waals surface area contributed by atoms with E-state index >= 15 is 0 Å². The van der Waals surface area contributed by atoms with Gasteiger partial charge in [0.2, 0.25) is 5.82 Å². The highest BCUT2D eigenvalue weighted by Gasteiger charge is 2.49. The number of rotatable bonds is 3. The van der Waals surface area contributed by atoms with Gasteiger partial charge in [0.1, 0.15) is 11.5 Å². The number of hydrogen-bond acceptors (Lipinski definition) is 4. The summed E-state index contributed by atoms with van der Waals surface area (Å²) >= 11 is 0. The Morgan fingerprint density at radius 1 is 1.40 bits per heavy atom. The molecule has 0 bridgehead atoms. The zero-order valence-electron chi connectivity index (χ0n) is 13.5. The molecule has 2 amide bonds. The Balaban J connectivity index is 1.38. The van der Waals surface area contributed by atoms with Crippen LogP contribution in [0.2, 0.25) is 0 Å². The number of amides is 2. The van der Waals surface area contributed by atoms with Gasteiger partial charge < -0.3 is 15.2 Å². The monoisotopic (exact) mass is 348 g/mol. The summed E-state index contributed by atoms with van der Waals surface area (Å²) in [5.41, 5.74) is -0.224. The van der Waals surface area contributed by atoms with Crippen LogP contribution in [0.5, 0.6) is 0 Å². The molecule has 0 aromatic carbocycles. The van der Waals surface area contributed by atoms with Gasteiger partial charge in [0.05, 0.1) is 0 Å². The third kappa shape index (κ3) is 2.63. The molecule has 3 atom stereocenters. The zero-order chi connectivity index (χ0) is 17.7. The summed E-state index contributed by atoms with van der Waals surface area (Å²) in [7, 11) is 1.46. The van der Waals surface area contributed by atoms with Crippen molar-refractivity contribution in [3.8, 4) is 0 Å². The fourth-order valence-electron chi connectivity index (χ4n) is 3.64. The molecule has 0 radical (unpaired) electrons. The van der Waals surface area contributed by atoms with Crippen LogP contribution in [0, 0.1) is 17.7 Å². The molecule has 2 aromatic heterocycles. The first-order valence-corrected chi connectivity index (χ1v) is 7.99. The summed E-state index contributed by atoms with van der Waals surface area (Å²) < 4.78 is 14.1. The minimum absolute atomic E-state index is 0.0243. The summed E-state index contributed by atoms with van der Waals surface area (Å²) in [4.78, 5) is 42.5. The van der Waals surface area contributed by atoms with Gasteiger partial charge in [-0.2, -0.15) is 0 Å². The molecule has 10 heteroatoms. The summed E-state index contributed by atoms with van der Waals surface area (Å²) in [6.45, 7) is 1.10. The topological polar surface area (TPSA) is 116 Å². The van der Waals surface area contributed by atoms with Gasteiger partial charge in [-0.25, -0.2) is 13.9 Å². The van der Waals surface area contributed by atoms with Crippen molar-refractivity contribution in [3.63, 3.8) is 0 Å². The Morgan fingerprint density at radius 3 is 2.84 bits per heavy atom. The molecular formula is C15H17FN6O3. The smallest absolute Gasteiger partial charge is 0.343 e. The normalized spacial score (nSPS) is 24.7. The number of hydrogen-bond donors (Lipinski definition) is 3. The van der Waals surface area contributed by atoms with E-state index in [0.29, 0.717) is 19.0 Å². The Morgan fingerprint density at radius 2 is 2.20 bits per heavy atom. The summed E-state index contributed by atoms with van der Waals surface area (Å²) in [5, 5.41) is 6.68. The average Bonchev–Trinajstić information content (AvgIpc) is 3.23. The molecule has 25 heavy (non-hydrogen) atoms. The first kappa shape index (κ1) is 15.6. The number of carbonyl (C=O) groups is 2. The molecule has 2 aromatic rings. The van der Waals surface area contributed by atoms with E-state index in [-0.39, 0.29) is 29.4 Å². The lowest BCUT2D eigenvalue weighted by molar-refractivity contribution is 0.0781. The first-order valence-electron chi connectivity index (χ1n) is 7.99. The van der Waals surface area contributed by atoms with Crippen LogP contribution >= 0.6 is 0 Å². The van der Waals surface area contributed by atoms with Crippen molar-refractivity contribution in [1.82, 2.24) is 30.0 Å². The van der Waals surface area contributed by atoms with Gasteiger partial charge in [-0.15, -0.1) is 5.10 Å². The molecule has 3 unspecified atom stereocenters. The fraction of sp³-hybridized carbons (Fsp3) is 0.467. The number of halogens is 1. The van der Waals surface area contributed by atoms with E-state index in [0.717, 1.165) is 17.3 Å². The third-order valence-electron chi connectivity index (χ3n) is 5.03. The molecule has 1 aliphatic heterocycles. The van der Waals surface area contributed by atoms with Gasteiger partial charge in [-0.05, 0) is 12.3 Å². The van der Waals surface area contributed by atoms with Crippen LogP contribution in [0.3, 0.4) is 0 Å². The molecular weight excluding hydrogens is 331 g/mol. The lowest BCUT2D eigenvalue weighted by Gasteiger charge is -2.39. The molecule has 4 rings (SSSR count). The highest BCUT2D eigenvalue weighted by atomic mass is 19.1. The zero-order valence-corrected chi connectivity index (χ0v) is 13.5. The lowest BCUT2D eigenvalue weighted by Crippen LogP contribution is -2.52. The molecule has 1 aliphatic carbocycles. The van der Waals surface area contributed by atoms with Gasteiger partial charge in [-0.1, -0.05) is 0 Å². The van der Waals surface area contributed by atoms with Gasteiger partial charge in [-0.3, -0.25) is 14.6 Å². The predicted molar refractivity (Wildman–Crippen MR) is 83.3 cm³/mol. The average molecular weight is 348 g/mol. The fourth-order valence-corrected chi connectivity index (χ4v) is 3.64. The van der Waals surface area contributed by atoms with Crippen molar-refractivity contribution < 1.29 is 14.0 Å². The number of nitrogens with zero attached hydrogens (tertiary/aromatic N) is 3. The largest absolute Gasteiger partial charge is 0.355 e. The van der Waals surface area contributed by atoms with E-state index in [1.54, 1.807) is 4.90 Å². The predicted octanol–water partition coefficient (Wildman–Crippen LogP) is -0.534. The molecule has 3 N–H and O–H groups in total. The Labute approximate surface area is 141 Å². The maximum Gasteiger partial charge on any atom is 0.343 e. The van der Waals surface area contributed by atoms with E-state index in [1.165, 1.54) is 13.1 Å². The maximum absolute atomic E-state index is 13.1. The highest BCUT2D eigenvalue weighted by Crippen LogP contribution is 2.41. The van der Waals surface area contributed by atoms with Crippen LogP contribution in [0.25, 0.3) is 0 Å². The number of aryl methyl sites for hydroxylation is 1.